The quantitative estimate of drug-likeness (QED) is 0.868. The summed E-state index contributed by atoms with van der Waals surface area (Å²) in [4.78, 5) is 24.0. The van der Waals surface area contributed by atoms with Crippen molar-refractivity contribution >= 4 is 11.9 Å². The first kappa shape index (κ1) is 16.4. The van der Waals surface area contributed by atoms with Crippen LogP contribution in [-0.2, 0) is 4.74 Å². The first-order chi connectivity index (χ1) is 10.3. The molecule has 0 spiro atoms. The van der Waals surface area contributed by atoms with Crippen molar-refractivity contribution in [2.45, 2.75) is 58.1 Å². The fourth-order valence-corrected chi connectivity index (χ4v) is 2.62. The minimum absolute atomic E-state index is 0.0339. The maximum absolute atomic E-state index is 12.3. The third-order valence-corrected chi connectivity index (χ3v) is 3.64. The zero-order valence-corrected chi connectivity index (χ0v) is 13.3. The topological polar surface area (TPSA) is 81.2 Å². The largest absolute Gasteiger partial charge is 0.444 e. The van der Waals surface area contributed by atoms with E-state index in [1.54, 1.807) is 18.3 Å². The molecule has 6 heteroatoms. The Balaban J connectivity index is 1.81. The molecule has 22 heavy (non-hydrogen) atoms. The van der Waals surface area contributed by atoms with Gasteiger partial charge in [-0.3, -0.25) is 4.79 Å². The van der Waals surface area contributed by atoms with Crippen molar-refractivity contribution in [1.82, 2.24) is 15.5 Å². The van der Waals surface area contributed by atoms with Gasteiger partial charge < -0.3 is 10.1 Å². The number of carbonyl (C=O) groups is 2. The van der Waals surface area contributed by atoms with E-state index >= 15 is 0 Å². The number of ketones is 1. The van der Waals surface area contributed by atoms with Gasteiger partial charge in [-0.05, 0) is 58.6 Å². The highest BCUT2D eigenvalue weighted by molar-refractivity contribution is 5.95. The number of aromatic nitrogens is 2. The van der Waals surface area contributed by atoms with E-state index in [4.69, 9.17) is 4.74 Å². The smallest absolute Gasteiger partial charge is 0.407 e. The standard InChI is InChI=1S/C16H23N3O3/c1-16(2,3)22-15(21)18-12-8-6-11(7-9-12)14(20)13-5-4-10-17-19-13/h4-5,10-12H,6-9H2,1-3H3,(H,18,21). The van der Waals surface area contributed by atoms with Crippen LogP contribution in [-0.4, -0.2) is 33.7 Å². The van der Waals surface area contributed by atoms with Gasteiger partial charge >= 0.3 is 6.09 Å². The SMILES string of the molecule is CC(C)(C)OC(=O)NC1CCC(C(=O)c2cccnn2)CC1. The third kappa shape index (κ3) is 4.79. The predicted molar refractivity (Wildman–Crippen MR) is 81.5 cm³/mol. The second-order valence-corrected chi connectivity index (χ2v) is 6.67. The number of rotatable bonds is 3. The maximum atomic E-state index is 12.3. The number of Topliss-reactive ketones (excluding diaryl/α,β-unsaturated/α-hetero) is 1. The molecule has 1 N–H and O–H groups in total. The molecule has 0 aromatic carbocycles. The first-order valence-corrected chi connectivity index (χ1v) is 7.66. The number of carbonyl (C=O) groups excluding carboxylic acids is 2. The van der Waals surface area contributed by atoms with Crippen molar-refractivity contribution in [1.29, 1.82) is 0 Å². The van der Waals surface area contributed by atoms with Crippen LogP contribution in [0.25, 0.3) is 0 Å². The number of alkyl carbamates (subject to hydrolysis) is 1. The Bertz CT molecular complexity index is 517. The Labute approximate surface area is 130 Å². The molecule has 0 saturated heterocycles. The zero-order valence-electron chi connectivity index (χ0n) is 13.3. The number of ether oxygens (including phenoxy) is 1. The van der Waals surface area contributed by atoms with Crippen LogP contribution in [0.1, 0.15) is 56.9 Å². The Hall–Kier alpha value is -1.98. The molecule has 0 atom stereocenters. The lowest BCUT2D eigenvalue weighted by Crippen LogP contribution is -2.41. The van der Waals surface area contributed by atoms with Gasteiger partial charge in [0.25, 0.3) is 0 Å². The lowest BCUT2D eigenvalue weighted by atomic mass is 9.82. The predicted octanol–water partition coefficient (Wildman–Crippen LogP) is 2.74. The summed E-state index contributed by atoms with van der Waals surface area (Å²) >= 11 is 0. The van der Waals surface area contributed by atoms with Crippen molar-refractivity contribution in [2.24, 2.45) is 5.92 Å². The number of hydrogen-bond donors (Lipinski definition) is 1. The summed E-state index contributed by atoms with van der Waals surface area (Å²) in [5.41, 5.74) is -0.0745. The maximum Gasteiger partial charge on any atom is 0.407 e. The first-order valence-electron chi connectivity index (χ1n) is 7.66. The monoisotopic (exact) mass is 305 g/mol. The molecule has 0 bridgehead atoms. The van der Waals surface area contributed by atoms with E-state index in [-0.39, 0.29) is 17.7 Å². The van der Waals surface area contributed by atoms with E-state index in [9.17, 15) is 9.59 Å². The molecule has 0 aliphatic heterocycles. The summed E-state index contributed by atoms with van der Waals surface area (Å²) in [5, 5.41) is 10.5. The van der Waals surface area contributed by atoms with Crippen molar-refractivity contribution in [3.8, 4) is 0 Å². The second kappa shape index (κ2) is 6.85. The van der Waals surface area contributed by atoms with Crippen LogP contribution in [0.3, 0.4) is 0 Å². The third-order valence-electron chi connectivity index (χ3n) is 3.64. The number of nitrogens with one attached hydrogen (secondary N) is 1. The highest BCUT2D eigenvalue weighted by atomic mass is 16.6. The van der Waals surface area contributed by atoms with E-state index < -0.39 is 11.7 Å². The van der Waals surface area contributed by atoms with E-state index in [2.05, 4.69) is 15.5 Å². The van der Waals surface area contributed by atoms with E-state index in [0.717, 1.165) is 25.7 Å². The van der Waals surface area contributed by atoms with Crippen molar-refractivity contribution in [2.75, 3.05) is 0 Å². The average Bonchev–Trinajstić information content (AvgIpc) is 2.46. The zero-order chi connectivity index (χ0) is 16.2. The molecule has 1 saturated carbocycles. The molecular formula is C16H23N3O3. The molecule has 1 amide bonds. The van der Waals surface area contributed by atoms with E-state index in [1.165, 1.54) is 0 Å². The van der Waals surface area contributed by atoms with Crippen LogP contribution in [0, 0.1) is 5.92 Å². The van der Waals surface area contributed by atoms with Gasteiger partial charge in [-0.15, -0.1) is 5.10 Å². The van der Waals surface area contributed by atoms with Crippen LogP contribution in [0.5, 0.6) is 0 Å². The Morgan fingerprint density at radius 1 is 1.23 bits per heavy atom. The van der Waals surface area contributed by atoms with Crippen molar-refractivity contribution in [3.63, 3.8) is 0 Å². The summed E-state index contributed by atoms with van der Waals surface area (Å²) < 4.78 is 5.25. The minimum Gasteiger partial charge on any atom is -0.444 e. The number of hydrogen-bond acceptors (Lipinski definition) is 5. The molecule has 1 aliphatic rings. The fourth-order valence-electron chi connectivity index (χ4n) is 2.62. The summed E-state index contributed by atoms with van der Waals surface area (Å²) in [5.74, 6) is 0.0113. The molecule has 2 rings (SSSR count). The fraction of sp³-hybridized carbons (Fsp3) is 0.625. The summed E-state index contributed by atoms with van der Waals surface area (Å²) in [6.07, 6.45) is 4.20. The van der Waals surface area contributed by atoms with Crippen LogP contribution >= 0.6 is 0 Å². The summed E-state index contributed by atoms with van der Waals surface area (Å²) in [6.45, 7) is 5.51. The van der Waals surface area contributed by atoms with Crippen LogP contribution < -0.4 is 5.32 Å². The van der Waals surface area contributed by atoms with Crippen LogP contribution in [0.4, 0.5) is 4.79 Å². The minimum atomic E-state index is -0.497. The second-order valence-electron chi connectivity index (χ2n) is 6.67. The molecule has 1 heterocycles. The van der Waals surface area contributed by atoms with Gasteiger partial charge in [0.15, 0.2) is 5.78 Å². The average molecular weight is 305 g/mol. The summed E-state index contributed by atoms with van der Waals surface area (Å²) in [6, 6.07) is 3.48. The van der Waals surface area contributed by atoms with Crippen LogP contribution in [0.15, 0.2) is 18.3 Å². The van der Waals surface area contributed by atoms with Crippen molar-refractivity contribution in [3.05, 3.63) is 24.0 Å². The molecule has 0 radical (unpaired) electrons. The van der Waals surface area contributed by atoms with Crippen molar-refractivity contribution < 1.29 is 14.3 Å². The van der Waals surface area contributed by atoms with Gasteiger partial charge in [-0.2, -0.15) is 5.10 Å². The van der Waals surface area contributed by atoms with E-state index in [1.807, 2.05) is 20.8 Å². The molecule has 0 unspecified atom stereocenters. The molecule has 1 fully saturated rings. The normalized spacial score (nSPS) is 22.0. The number of amides is 1. The molecular weight excluding hydrogens is 282 g/mol. The summed E-state index contributed by atoms with van der Waals surface area (Å²) in [7, 11) is 0. The lowest BCUT2D eigenvalue weighted by Gasteiger charge is -2.29. The molecule has 1 aromatic rings. The number of nitrogens with zero attached hydrogens (tertiary/aromatic N) is 2. The van der Waals surface area contributed by atoms with Gasteiger partial charge in [0.1, 0.15) is 11.3 Å². The van der Waals surface area contributed by atoms with Crippen LogP contribution in [0.2, 0.25) is 0 Å². The molecule has 6 nitrogen and oxygen atoms in total. The van der Waals surface area contributed by atoms with Gasteiger partial charge in [0.2, 0.25) is 0 Å². The lowest BCUT2D eigenvalue weighted by molar-refractivity contribution is 0.0487. The molecule has 1 aliphatic carbocycles. The van der Waals surface area contributed by atoms with Gasteiger partial charge in [-0.1, -0.05) is 0 Å². The Morgan fingerprint density at radius 2 is 1.91 bits per heavy atom. The Morgan fingerprint density at radius 3 is 2.45 bits per heavy atom. The van der Waals surface area contributed by atoms with Gasteiger partial charge in [-0.25, -0.2) is 4.79 Å². The Kier molecular flexibility index (Phi) is 5.11. The van der Waals surface area contributed by atoms with Gasteiger partial charge in [0, 0.05) is 18.2 Å². The van der Waals surface area contributed by atoms with E-state index in [0.29, 0.717) is 5.69 Å². The molecule has 120 valence electrons. The highest BCUT2D eigenvalue weighted by Crippen LogP contribution is 2.27. The van der Waals surface area contributed by atoms with Gasteiger partial charge in [0.05, 0.1) is 0 Å². The highest BCUT2D eigenvalue weighted by Gasteiger charge is 2.29. The molecule has 1 aromatic heterocycles.